The molecule has 0 saturated heterocycles. The molecule has 0 fully saturated rings. The van der Waals surface area contributed by atoms with Crippen LogP contribution in [-0.2, 0) is 9.53 Å². The van der Waals surface area contributed by atoms with E-state index in [9.17, 15) is 9.59 Å². The molecule has 21 heavy (non-hydrogen) atoms. The summed E-state index contributed by atoms with van der Waals surface area (Å²) in [6, 6.07) is 6.93. The second kappa shape index (κ2) is 7.11. The lowest BCUT2D eigenvalue weighted by Crippen LogP contribution is -2.36. The summed E-state index contributed by atoms with van der Waals surface area (Å²) in [6.45, 7) is 5.42. The molecular formula is C16H23NO4. The molecule has 1 aromatic rings. The highest BCUT2D eigenvalue weighted by Crippen LogP contribution is 2.26. The molecule has 5 nitrogen and oxygen atoms in total. The molecule has 0 N–H and O–H groups in total. The Hall–Kier alpha value is -2.04. The predicted molar refractivity (Wildman–Crippen MR) is 80.4 cm³/mol. The van der Waals surface area contributed by atoms with Crippen molar-refractivity contribution in [3.05, 3.63) is 29.8 Å². The lowest BCUT2D eigenvalue weighted by Gasteiger charge is -2.30. The normalized spacial score (nSPS) is 12.4. The molecule has 0 aromatic heterocycles. The molecule has 0 aliphatic rings. The number of ether oxygens (including phenoxy) is 2. The zero-order chi connectivity index (χ0) is 16.0. The average Bonchev–Trinajstić information content (AvgIpc) is 2.42. The highest BCUT2D eigenvalue weighted by Gasteiger charge is 2.26. The molecule has 1 unspecified atom stereocenters. The zero-order valence-corrected chi connectivity index (χ0v) is 13.3. The summed E-state index contributed by atoms with van der Waals surface area (Å²) in [4.78, 5) is 24.5. The molecule has 116 valence electrons. The van der Waals surface area contributed by atoms with Gasteiger partial charge in [0.1, 0.15) is 17.6 Å². The smallest absolute Gasteiger partial charge is 0.410 e. The van der Waals surface area contributed by atoms with E-state index in [1.54, 1.807) is 47.1 Å². The molecule has 0 heterocycles. The molecule has 0 aliphatic heterocycles. The van der Waals surface area contributed by atoms with Crippen LogP contribution in [0.3, 0.4) is 0 Å². The van der Waals surface area contributed by atoms with E-state index in [2.05, 4.69) is 0 Å². The molecule has 1 atom stereocenters. The molecule has 0 spiro atoms. The SMILES string of the molecule is COc1ccc(C(CC=O)N(C)C(=O)OC(C)(C)C)cc1. The van der Waals surface area contributed by atoms with Crippen LogP contribution >= 0.6 is 0 Å². The third-order valence-electron chi connectivity index (χ3n) is 2.97. The van der Waals surface area contributed by atoms with Gasteiger partial charge in [0.25, 0.3) is 0 Å². The van der Waals surface area contributed by atoms with Crippen molar-refractivity contribution < 1.29 is 19.1 Å². The number of methoxy groups -OCH3 is 1. The van der Waals surface area contributed by atoms with Gasteiger partial charge in [-0.05, 0) is 38.5 Å². The van der Waals surface area contributed by atoms with Crippen LogP contribution in [0, 0.1) is 0 Å². The molecule has 0 radical (unpaired) electrons. The highest BCUT2D eigenvalue weighted by atomic mass is 16.6. The Labute approximate surface area is 125 Å². The molecule has 0 aliphatic carbocycles. The van der Waals surface area contributed by atoms with Crippen LogP contribution in [0.25, 0.3) is 0 Å². The Morgan fingerprint density at radius 3 is 2.29 bits per heavy atom. The fraction of sp³-hybridized carbons (Fsp3) is 0.500. The van der Waals surface area contributed by atoms with Gasteiger partial charge in [0.15, 0.2) is 0 Å². The van der Waals surface area contributed by atoms with E-state index in [0.717, 1.165) is 17.6 Å². The molecule has 0 bridgehead atoms. The first-order valence-electron chi connectivity index (χ1n) is 6.82. The predicted octanol–water partition coefficient (Wildman–Crippen LogP) is 3.19. The maximum Gasteiger partial charge on any atom is 0.410 e. The van der Waals surface area contributed by atoms with Crippen LogP contribution in [0.2, 0.25) is 0 Å². The maximum absolute atomic E-state index is 12.1. The largest absolute Gasteiger partial charge is 0.497 e. The van der Waals surface area contributed by atoms with Gasteiger partial charge < -0.3 is 19.2 Å². The van der Waals surface area contributed by atoms with Crippen molar-refractivity contribution >= 4 is 12.4 Å². The summed E-state index contributed by atoms with van der Waals surface area (Å²) in [5.41, 5.74) is 0.285. The van der Waals surface area contributed by atoms with Crippen LogP contribution in [0.4, 0.5) is 4.79 Å². The first-order chi connectivity index (χ1) is 9.78. The van der Waals surface area contributed by atoms with Gasteiger partial charge in [-0.15, -0.1) is 0 Å². The molecular weight excluding hydrogens is 270 g/mol. The zero-order valence-electron chi connectivity index (χ0n) is 13.3. The van der Waals surface area contributed by atoms with Crippen LogP contribution < -0.4 is 4.74 Å². The summed E-state index contributed by atoms with van der Waals surface area (Å²) in [5, 5.41) is 0. The number of aldehydes is 1. The first kappa shape index (κ1) is 17.0. The number of hydrogen-bond donors (Lipinski definition) is 0. The maximum atomic E-state index is 12.1. The molecule has 1 aromatic carbocycles. The summed E-state index contributed by atoms with van der Waals surface area (Å²) >= 11 is 0. The van der Waals surface area contributed by atoms with Crippen molar-refractivity contribution in [1.29, 1.82) is 0 Å². The van der Waals surface area contributed by atoms with Crippen molar-refractivity contribution in [2.75, 3.05) is 14.2 Å². The second-order valence-electron chi connectivity index (χ2n) is 5.78. The lowest BCUT2D eigenvalue weighted by atomic mass is 10.0. The second-order valence-corrected chi connectivity index (χ2v) is 5.78. The number of hydrogen-bond acceptors (Lipinski definition) is 4. The third kappa shape index (κ3) is 5.10. The van der Waals surface area contributed by atoms with E-state index < -0.39 is 11.7 Å². The van der Waals surface area contributed by atoms with E-state index >= 15 is 0 Å². The Balaban J connectivity index is 2.93. The van der Waals surface area contributed by atoms with Gasteiger partial charge in [-0.3, -0.25) is 0 Å². The van der Waals surface area contributed by atoms with Gasteiger partial charge in [-0.2, -0.15) is 0 Å². The number of nitrogens with zero attached hydrogens (tertiary/aromatic N) is 1. The Kier molecular flexibility index (Phi) is 5.76. The Morgan fingerprint density at radius 2 is 1.86 bits per heavy atom. The first-order valence-corrected chi connectivity index (χ1v) is 6.82. The number of carbonyl (C=O) groups is 2. The monoisotopic (exact) mass is 293 g/mol. The van der Waals surface area contributed by atoms with Crippen molar-refractivity contribution in [2.45, 2.75) is 38.8 Å². The fourth-order valence-corrected chi connectivity index (χ4v) is 1.90. The Morgan fingerprint density at radius 1 is 1.29 bits per heavy atom. The molecule has 1 rings (SSSR count). The topological polar surface area (TPSA) is 55.8 Å². The summed E-state index contributed by atoms with van der Waals surface area (Å²) in [7, 11) is 3.22. The minimum Gasteiger partial charge on any atom is -0.497 e. The Bertz CT molecular complexity index is 476. The van der Waals surface area contributed by atoms with E-state index in [-0.39, 0.29) is 12.5 Å². The van der Waals surface area contributed by atoms with Gasteiger partial charge in [0.2, 0.25) is 0 Å². The number of amides is 1. The van der Waals surface area contributed by atoms with Crippen LogP contribution in [-0.4, -0.2) is 37.0 Å². The standard InChI is InChI=1S/C16H23NO4/c1-16(2,3)21-15(19)17(4)14(10-11-18)12-6-8-13(20-5)9-7-12/h6-9,11,14H,10H2,1-5H3. The number of benzene rings is 1. The molecule has 1 amide bonds. The summed E-state index contributed by atoms with van der Waals surface area (Å²) < 4.78 is 10.4. The minimum atomic E-state index is -0.572. The van der Waals surface area contributed by atoms with Gasteiger partial charge in [0, 0.05) is 13.5 Å². The van der Waals surface area contributed by atoms with E-state index in [0.29, 0.717) is 0 Å². The minimum absolute atomic E-state index is 0.210. The molecule has 5 heteroatoms. The van der Waals surface area contributed by atoms with E-state index in [4.69, 9.17) is 9.47 Å². The van der Waals surface area contributed by atoms with E-state index in [1.165, 1.54) is 4.90 Å². The van der Waals surface area contributed by atoms with Gasteiger partial charge in [-0.1, -0.05) is 12.1 Å². The van der Waals surface area contributed by atoms with Crippen LogP contribution in [0.1, 0.15) is 38.8 Å². The quantitative estimate of drug-likeness (QED) is 0.782. The average molecular weight is 293 g/mol. The molecule has 0 saturated carbocycles. The van der Waals surface area contributed by atoms with E-state index in [1.807, 2.05) is 12.1 Å². The number of carbonyl (C=O) groups excluding carboxylic acids is 2. The van der Waals surface area contributed by atoms with Crippen molar-refractivity contribution in [2.24, 2.45) is 0 Å². The summed E-state index contributed by atoms with van der Waals surface area (Å²) in [5.74, 6) is 0.725. The van der Waals surface area contributed by atoms with Crippen LogP contribution in [0.15, 0.2) is 24.3 Å². The number of rotatable bonds is 5. The van der Waals surface area contributed by atoms with Gasteiger partial charge in [0.05, 0.1) is 13.2 Å². The van der Waals surface area contributed by atoms with Crippen molar-refractivity contribution in [3.63, 3.8) is 0 Å². The lowest BCUT2D eigenvalue weighted by molar-refractivity contribution is -0.108. The highest BCUT2D eigenvalue weighted by molar-refractivity contribution is 5.69. The third-order valence-corrected chi connectivity index (χ3v) is 2.97. The van der Waals surface area contributed by atoms with Crippen molar-refractivity contribution in [3.8, 4) is 5.75 Å². The van der Waals surface area contributed by atoms with Gasteiger partial charge in [-0.25, -0.2) is 4.79 Å². The fourth-order valence-electron chi connectivity index (χ4n) is 1.90. The van der Waals surface area contributed by atoms with Crippen molar-refractivity contribution in [1.82, 2.24) is 4.90 Å². The summed E-state index contributed by atoms with van der Waals surface area (Å²) in [6.07, 6.45) is 0.558. The van der Waals surface area contributed by atoms with Crippen LogP contribution in [0.5, 0.6) is 5.75 Å². The van der Waals surface area contributed by atoms with Gasteiger partial charge >= 0.3 is 6.09 Å².